The van der Waals surface area contributed by atoms with E-state index in [-0.39, 0.29) is 17.4 Å². The molecule has 3 aromatic heterocycles. The van der Waals surface area contributed by atoms with Crippen LogP contribution < -0.4 is 10.6 Å². The lowest BCUT2D eigenvalue weighted by atomic mass is 9.89. The number of aromatic nitrogens is 4. The lowest BCUT2D eigenvalue weighted by Crippen LogP contribution is -2.39. The summed E-state index contributed by atoms with van der Waals surface area (Å²) in [4.78, 5) is 37.2. The van der Waals surface area contributed by atoms with Crippen LogP contribution in [0, 0.1) is 12.8 Å². The van der Waals surface area contributed by atoms with Gasteiger partial charge in [0.25, 0.3) is 5.91 Å². The Bertz CT molecular complexity index is 1830. The fourth-order valence-electron chi connectivity index (χ4n) is 5.69. The van der Waals surface area contributed by atoms with Crippen molar-refractivity contribution in [2.75, 3.05) is 23.7 Å². The molecule has 0 unspecified atom stereocenters. The first-order chi connectivity index (χ1) is 21.6. The summed E-state index contributed by atoms with van der Waals surface area (Å²) in [5, 5.41) is 11.9. The summed E-state index contributed by atoms with van der Waals surface area (Å²) < 4.78 is 1.78. The molecule has 3 amide bonds. The zero-order valence-corrected chi connectivity index (χ0v) is 26.2. The molecule has 0 atom stereocenters. The third-order valence-corrected chi connectivity index (χ3v) is 8.36. The van der Waals surface area contributed by atoms with E-state index in [4.69, 9.17) is 5.10 Å². The number of para-hydroxylation sites is 1. The maximum absolute atomic E-state index is 13.3. The number of likely N-dealkylation sites (tertiary alicyclic amines) is 1. The molecular formula is C36H39N7O2. The molecule has 45 heavy (non-hydrogen) atoms. The van der Waals surface area contributed by atoms with Crippen LogP contribution in [0.4, 0.5) is 16.3 Å². The van der Waals surface area contributed by atoms with Gasteiger partial charge in [0.15, 0.2) is 5.65 Å². The first kappa shape index (κ1) is 30.0. The van der Waals surface area contributed by atoms with Crippen molar-refractivity contribution in [3.05, 3.63) is 108 Å². The molecule has 2 N–H and O–H groups in total. The van der Waals surface area contributed by atoms with Gasteiger partial charge in [0.2, 0.25) is 0 Å². The minimum atomic E-state index is -0.325. The first-order valence-electron chi connectivity index (χ1n) is 15.5. The molecule has 1 aliphatic rings. The smallest absolute Gasteiger partial charge is 0.324 e. The van der Waals surface area contributed by atoms with E-state index in [1.165, 1.54) is 0 Å². The summed E-state index contributed by atoms with van der Waals surface area (Å²) in [5.74, 6) is 0.940. The number of hydrogen-bond donors (Lipinski definition) is 2. The highest BCUT2D eigenvalue weighted by atomic mass is 16.2. The number of aryl methyl sites for hydroxylation is 1. The SMILES string of the molecule is Cc1ccc(-n2nc(C(C)(C)C)cc2NC(=O)Nc2ccccc2CC2CCN(C(=O)c3ccc4cccnc4n3)CC2)cc1. The Morgan fingerprint density at radius 2 is 1.67 bits per heavy atom. The van der Waals surface area contributed by atoms with E-state index in [2.05, 4.69) is 47.4 Å². The number of nitrogens with one attached hydrogen (secondary N) is 2. The van der Waals surface area contributed by atoms with Gasteiger partial charge in [-0.2, -0.15) is 5.10 Å². The molecular weight excluding hydrogens is 562 g/mol. The van der Waals surface area contributed by atoms with Gasteiger partial charge in [0.1, 0.15) is 11.5 Å². The average molecular weight is 602 g/mol. The molecule has 0 aliphatic carbocycles. The fourth-order valence-corrected chi connectivity index (χ4v) is 5.69. The molecule has 0 bridgehead atoms. The lowest BCUT2D eigenvalue weighted by Gasteiger charge is -2.32. The molecule has 0 radical (unpaired) electrons. The second kappa shape index (κ2) is 12.5. The summed E-state index contributed by atoms with van der Waals surface area (Å²) in [7, 11) is 0. The number of benzene rings is 2. The topological polar surface area (TPSA) is 105 Å². The Labute approximate surface area is 263 Å². The van der Waals surface area contributed by atoms with Crippen LogP contribution in [0.2, 0.25) is 0 Å². The average Bonchev–Trinajstić information content (AvgIpc) is 3.46. The standard InChI is InChI=1S/C36H39N7O2/c1-24-11-14-28(15-12-24)43-32(23-31(41-43)36(2,3)4)40-35(45)39-29-10-6-5-8-27(29)22-25-17-20-42(21-18-25)34(44)30-16-13-26-9-7-19-37-33(26)38-30/h5-16,19,23,25H,17-18,20-22H2,1-4H3,(H2,39,40,45). The zero-order chi connectivity index (χ0) is 31.6. The number of rotatable bonds is 6. The quantitative estimate of drug-likeness (QED) is 0.215. The van der Waals surface area contributed by atoms with Crippen LogP contribution >= 0.6 is 0 Å². The van der Waals surface area contributed by atoms with Crippen LogP contribution in [0.25, 0.3) is 16.7 Å². The molecule has 230 valence electrons. The molecule has 1 fully saturated rings. The molecule has 6 rings (SSSR count). The minimum absolute atomic E-state index is 0.0563. The molecule has 1 saturated heterocycles. The normalized spacial score (nSPS) is 14.0. The number of anilines is 2. The van der Waals surface area contributed by atoms with Crippen LogP contribution in [-0.4, -0.2) is 49.7 Å². The van der Waals surface area contributed by atoms with Gasteiger partial charge >= 0.3 is 6.03 Å². The summed E-state index contributed by atoms with van der Waals surface area (Å²) in [6, 6.07) is 25.1. The zero-order valence-electron chi connectivity index (χ0n) is 26.2. The number of fused-ring (bicyclic) bond motifs is 1. The van der Waals surface area contributed by atoms with Crippen molar-refractivity contribution in [1.82, 2.24) is 24.6 Å². The highest BCUT2D eigenvalue weighted by Crippen LogP contribution is 2.29. The number of piperidine rings is 1. The van der Waals surface area contributed by atoms with Crippen molar-refractivity contribution >= 4 is 34.5 Å². The molecule has 9 heteroatoms. The van der Waals surface area contributed by atoms with Gasteiger partial charge in [-0.25, -0.2) is 19.4 Å². The van der Waals surface area contributed by atoms with Crippen molar-refractivity contribution in [2.24, 2.45) is 5.92 Å². The minimum Gasteiger partial charge on any atom is -0.337 e. The Hall–Kier alpha value is -5.05. The Kier molecular flexibility index (Phi) is 8.34. The summed E-state index contributed by atoms with van der Waals surface area (Å²) >= 11 is 0. The van der Waals surface area contributed by atoms with Crippen LogP contribution in [0.1, 0.15) is 60.9 Å². The predicted molar refractivity (Wildman–Crippen MR) is 178 cm³/mol. The van der Waals surface area contributed by atoms with E-state index in [0.29, 0.717) is 36.2 Å². The molecule has 4 heterocycles. The summed E-state index contributed by atoms with van der Waals surface area (Å²) in [5.41, 5.74) is 5.60. The van der Waals surface area contributed by atoms with Gasteiger partial charge < -0.3 is 10.2 Å². The van der Waals surface area contributed by atoms with Crippen molar-refractivity contribution in [2.45, 2.75) is 52.4 Å². The number of urea groups is 1. The van der Waals surface area contributed by atoms with Crippen molar-refractivity contribution < 1.29 is 9.59 Å². The van der Waals surface area contributed by atoms with E-state index >= 15 is 0 Å². The summed E-state index contributed by atoms with van der Waals surface area (Å²) in [6.07, 6.45) is 4.26. The van der Waals surface area contributed by atoms with E-state index < -0.39 is 0 Å². The van der Waals surface area contributed by atoms with Gasteiger partial charge in [0, 0.05) is 41.8 Å². The Balaban J connectivity index is 1.10. The number of pyridine rings is 2. The number of carbonyl (C=O) groups is 2. The van der Waals surface area contributed by atoms with Gasteiger partial charge in [-0.3, -0.25) is 10.1 Å². The van der Waals surface area contributed by atoms with Gasteiger partial charge in [-0.05, 0) is 80.1 Å². The first-order valence-corrected chi connectivity index (χ1v) is 15.5. The van der Waals surface area contributed by atoms with Crippen molar-refractivity contribution in [3.63, 3.8) is 0 Å². The van der Waals surface area contributed by atoms with E-state index in [0.717, 1.165) is 52.8 Å². The fraction of sp³-hybridized carbons (Fsp3) is 0.306. The molecule has 2 aromatic carbocycles. The maximum Gasteiger partial charge on any atom is 0.324 e. The highest BCUT2D eigenvalue weighted by molar-refractivity contribution is 6.00. The molecule has 5 aromatic rings. The van der Waals surface area contributed by atoms with Crippen molar-refractivity contribution in [1.29, 1.82) is 0 Å². The largest absolute Gasteiger partial charge is 0.337 e. The van der Waals surface area contributed by atoms with Crippen molar-refractivity contribution in [3.8, 4) is 5.69 Å². The Morgan fingerprint density at radius 3 is 2.42 bits per heavy atom. The van der Waals surface area contributed by atoms with Crippen LogP contribution in [0.5, 0.6) is 0 Å². The van der Waals surface area contributed by atoms with Gasteiger partial charge in [-0.15, -0.1) is 0 Å². The number of nitrogens with zero attached hydrogens (tertiary/aromatic N) is 5. The number of hydrogen-bond acceptors (Lipinski definition) is 5. The Morgan fingerprint density at radius 1 is 0.911 bits per heavy atom. The van der Waals surface area contributed by atoms with Crippen LogP contribution in [0.3, 0.4) is 0 Å². The maximum atomic E-state index is 13.3. The number of amides is 3. The monoisotopic (exact) mass is 601 g/mol. The molecule has 1 aliphatic heterocycles. The highest BCUT2D eigenvalue weighted by Gasteiger charge is 2.26. The predicted octanol–water partition coefficient (Wildman–Crippen LogP) is 7.16. The van der Waals surface area contributed by atoms with Gasteiger partial charge in [-0.1, -0.05) is 56.7 Å². The van der Waals surface area contributed by atoms with E-state index in [9.17, 15) is 9.59 Å². The van der Waals surface area contributed by atoms with Crippen LogP contribution in [0.15, 0.2) is 85.1 Å². The van der Waals surface area contributed by atoms with E-state index in [1.54, 1.807) is 16.9 Å². The van der Waals surface area contributed by atoms with Crippen LogP contribution in [-0.2, 0) is 11.8 Å². The molecule has 0 spiro atoms. The summed E-state index contributed by atoms with van der Waals surface area (Å²) in [6.45, 7) is 9.69. The second-order valence-corrected chi connectivity index (χ2v) is 12.8. The molecule has 0 saturated carbocycles. The van der Waals surface area contributed by atoms with Gasteiger partial charge in [0.05, 0.1) is 11.4 Å². The lowest BCUT2D eigenvalue weighted by molar-refractivity contribution is 0.0685. The van der Waals surface area contributed by atoms with E-state index in [1.807, 2.05) is 78.6 Å². The third kappa shape index (κ3) is 6.87. The second-order valence-electron chi connectivity index (χ2n) is 12.8. The number of carbonyl (C=O) groups excluding carboxylic acids is 2. The molecule has 9 nitrogen and oxygen atoms in total. The third-order valence-electron chi connectivity index (χ3n) is 8.36.